The summed E-state index contributed by atoms with van der Waals surface area (Å²) in [6, 6.07) is 5.28. The van der Waals surface area contributed by atoms with E-state index in [-0.39, 0.29) is 18.4 Å². The van der Waals surface area contributed by atoms with Crippen LogP contribution in [0, 0.1) is 0 Å². The molecule has 10 heteroatoms. The molecule has 0 aliphatic rings. The van der Waals surface area contributed by atoms with Crippen molar-refractivity contribution in [3.8, 4) is 0 Å². The maximum atomic E-state index is 11.9. The second-order valence-electron chi connectivity index (χ2n) is 4.87. The van der Waals surface area contributed by atoms with Crippen molar-refractivity contribution >= 4 is 51.0 Å². The first kappa shape index (κ1) is 16.9. The van der Waals surface area contributed by atoms with Crippen molar-refractivity contribution in [2.75, 3.05) is 5.32 Å². The van der Waals surface area contributed by atoms with Gasteiger partial charge in [0.25, 0.3) is 0 Å². The largest absolute Gasteiger partial charge is 0.292 e. The van der Waals surface area contributed by atoms with Crippen molar-refractivity contribution in [1.29, 1.82) is 0 Å². The molecule has 124 valence electrons. The number of nitrogens with zero attached hydrogens (tertiary/aromatic N) is 5. The third-order valence-electron chi connectivity index (χ3n) is 3.08. The summed E-state index contributed by atoms with van der Waals surface area (Å²) in [5.41, 5.74) is 0.741. The Morgan fingerprint density at radius 2 is 2.00 bits per heavy atom. The SMILES string of the molecule is O=C(Cn1cc(Br)cn1)Nc1ncn(Cc2c(Cl)cccc2Cl)n1. The zero-order valence-corrected chi connectivity index (χ0v) is 15.3. The van der Waals surface area contributed by atoms with Gasteiger partial charge in [0, 0.05) is 21.8 Å². The molecule has 0 aliphatic heterocycles. The molecular weight excluding hydrogens is 419 g/mol. The molecule has 0 saturated heterocycles. The van der Waals surface area contributed by atoms with Gasteiger partial charge in [-0.15, -0.1) is 5.10 Å². The number of rotatable bonds is 5. The molecule has 0 unspecified atom stereocenters. The van der Waals surface area contributed by atoms with Gasteiger partial charge < -0.3 is 0 Å². The van der Waals surface area contributed by atoms with E-state index in [9.17, 15) is 4.79 Å². The van der Waals surface area contributed by atoms with Crippen LogP contribution in [0.15, 0.2) is 41.4 Å². The van der Waals surface area contributed by atoms with Gasteiger partial charge in [0.2, 0.25) is 11.9 Å². The summed E-state index contributed by atoms with van der Waals surface area (Å²) >= 11 is 15.5. The molecule has 0 bridgehead atoms. The minimum Gasteiger partial charge on any atom is -0.292 e. The quantitative estimate of drug-likeness (QED) is 0.675. The second-order valence-corrected chi connectivity index (χ2v) is 6.60. The fourth-order valence-electron chi connectivity index (χ4n) is 2.01. The van der Waals surface area contributed by atoms with Gasteiger partial charge in [-0.3, -0.25) is 14.8 Å². The minimum absolute atomic E-state index is 0.0660. The topological polar surface area (TPSA) is 77.6 Å². The fourth-order valence-corrected chi connectivity index (χ4v) is 2.85. The number of carbonyl (C=O) groups excluding carboxylic acids is 1. The lowest BCUT2D eigenvalue weighted by Crippen LogP contribution is -2.20. The molecule has 1 N–H and O–H groups in total. The minimum atomic E-state index is -0.279. The smallest absolute Gasteiger partial charge is 0.248 e. The van der Waals surface area contributed by atoms with Crippen LogP contribution < -0.4 is 5.32 Å². The summed E-state index contributed by atoms with van der Waals surface area (Å²) in [4.78, 5) is 16.0. The van der Waals surface area contributed by atoms with Gasteiger partial charge in [0.05, 0.1) is 17.2 Å². The molecule has 2 heterocycles. The lowest BCUT2D eigenvalue weighted by Gasteiger charge is -2.06. The Morgan fingerprint density at radius 1 is 1.25 bits per heavy atom. The molecular formula is C14H11BrCl2N6O. The van der Waals surface area contributed by atoms with E-state index < -0.39 is 0 Å². The number of hydrogen-bond acceptors (Lipinski definition) is 4. The van der Waals surface area contributed by atoms with E-state index >= 15 is 0 Å². The van der Waals surface area contributed by atoms with Crippen molar-refractivity contribution in [2.24, 2.45) is 0 Å². The van der Waals surface area contributed by atoms with Crippen molar-refractivity contribution in [3.05, 3.63) is 57.0 Å². The van der Waals surface area contributed by atoms with Crippen LogP contribution in [-0.2, 0) is 17.9 Å². The summed E-state index contributed by atoms with van der Waals surface area (Å²) < 4.78 is 3.85. The van der Waals surface area contributed by atoms with E-state index in [1.54, 1.807) is 35.3 Å². The summed E-state index contributed by atoms with van der Waals surface area (Å²) in [5, 5.41) is 11.9. The van der Waals surface area contributed by atoms with E-state index in [0.717, 1.165) is 10.0 Å². The van der Waals surface area contributed by atoms with E-state index in [0.29, 0.717) is 16.6 Å². The van der Waals surface area contributed by atoms with Gasteiger partial charge in [-0.1, -0.05) is 29.3 Å². The zero-order valence-electron chi connectivity index (χ0n) is 12.2. The summed E-state index contributed by atoms with van der Waals surface area (Å²) in [7, 11) is 0. The lowest BCUT2D eigenvalue weighted by molar-refractivity contribution is -0.116. The summed E-state index contributed by atoms with van der Waals surface area (Å²) in [6.07, 6.45) is 4.80. The lowest BCUT2D eigenvalue weighted by atomic mass is 10.2. The Bertz CT molecular complexity index is 858. The number of benzene rings is 1. The van der Waals surface area contributed by atoms with Crippen LogP contribution in [0.2, 0.25) is 10.0 Å². The first-order valence-electron chi connectivity index (χ1n) is 6.81. The van der Waals surface area contributed by atoms with Crippen LogP contribution in [0.3, 0.4) is 0 Å². The maximum Gasteiger partial charge on any atom is 0.248 e. The molecule has 0 aliphatic carbocycles. The van der Waals surface area contributed by atoms with E-state index in [1.807, 2.05) is 0 Å². The fraction of sp³-hybridized carbons (Fsp3) is 0.143. The highest BCUT2D eigenvalue weighted by Gasteiger charge is 2.10. The molecule has 0 atom stereocenters. The molecule has 0 radical (unpaired) electrons. The normalized spacial score (nSPS) is 10.8. The monoisotopic (exact) mass is 428 g/mol. The average Bonchev–Trinajstić information content (AvgIpc) is 3.12. The highest BCUT2D eigenvalue weighted by atomic mass is 79.9. The van der Waals surface area contributed by atoms with Crippen LogP contribution in [0.5, 0.6) is 0 Å². The Labute approximate surface area is 155 Å². The van der Waals surface area contributed by atoms with Crippen LogP contribution in [-0.4, -0.2) is 30.5 Å². The van der Waals surface area contributed by atoms with Crippen LogP contribution in [0.1, 0.15) is 5.56 Å². The van der Waals surface area contributed by atoms with Crippen molar-refractivity contribution in [2.45, 2.75) is 13.1 Å². The number of nitrogens with one attached hydrogen (secondary N) is 1. The molecule has 0 fully saturated rings. The Morgan fingerprint density at radius 3 is 2.67 bits per heavy atom. The average molecular weight is 430 g/mol. The van der Waals surface area contributed by atoms with Gasteiger partial charge >= 0.3 is 0 Å². The molecule has 1 aromatic carbocycles. The van der Waals surface area contributed by atoms with Gasteiger partial charge in [-0.25, -0.2) is 9.67 Å². The van der Waals surface area contributed by atoms with Crippen LogP contribution in [0.4, 0.5) is 5.95 Å². The number of anilines is 1. The molecule has 0 spiro atoms. The predicted octanol–water partition coefficient (Wildman–Crippen LogP) is 3.23. The van der Waals surface area contributed by atoms with Gasteiger partial charge in [-0.2, -0.15) is 5.10 Å². The number of carbonyl (C=O) groups is 1. The van der Waals surface area contributed by atoms with Crippen molar-refractivity contribution in [3.63, 3.8) is 0 Å². The first-order valence-corrected chi connectivity index (χ1v) is 8.36. The Balaban J connectivity index is 1.64. The molecule has 2 aromatic heterocycles. The predicted molar refractivity (Wildman–Crippen MR) is 94.1 cm³/mol. The maximum absolute atomic E-state index is 11.9. The van der Waals surface area contributed by atoms with E-state index in [4.69, 9.17) is 23.2 Å². The number of hydrogen-bond donors (Lipinski definition) is 1. The summed E-state index contributed by atoms with van der Waals surface area (Å²) in [5.74, 6) is -0.0754. The van der Waals surface area contributed by atoms with E-state index in [1.165, 1.54) is 11.0 Å². The summed E-state index contributed by atoms with van der Waals surface area (Å²) in [6.45, 7) is 0.421. The van der Waals surface area contributed by atoms with Crippen LogP contribution in [0.25, 0.3) is 0 Å². The molecule has 0 saturated carbocycles. The van der Waals surface area contributed by atoms with Gasteiger partial charge in [0.15, 0.2) is 0 Å². The van der Waals surface area contributed by atoms with Crippen molar-refractivity contribution in [1.82, 2.24) is 24.5 Å². The molecule has 3 rings (SSSR count). The zero-order chi connectivity index (χ0) is 17.1. The number of halogens is 3. The standard InChI is InChI=1S/C14H11BrCl2N6O/c15-9-4-19-22(5-9)7-13(24)20-14-18-8-23(21-14)6-10-11(16)2-1-3-12(10)17/h1-5,8H,6-7H2,(H,20,21,24). The first-order chi connectivity index (χ1) is 11.5. The molecule has 24 heavy (non-hydrogen) atoms. The van der Waals surface area contributed by atoms with Gasteiger partial charge in [0.1, 0.15) is 12.9 Å². The van der Waals surface area contributed by atoms with E-state index in [2.05, 4.69) is 36.4 Å². The van der Waals surface area contributed by atoms with Gasteiger partial charge in [-0.05, 0) is 28.1 Å². The molecule has 7 nitrogen and oxygen atoms in total. The highest BCUT2D eigenvalue weighted by molar-refractivity contribution is 9.10. The number of aromatic nitrogens is 5. The molecule has 1 amide bonds. The third kappa shape index (κ3) is 4.14. The van der Waals surface area contributed by atoms with Crippen molar-refractivity contribution < 1.29 is 4.79 Å². The Hall–Kier alpha value is -1.90. The second kappa shape index (κ2) is 7.33. The molecule has 3 aromatic rings. The Kier molecular flexibility index (Phi) is 5.17. The van der Waals surface area contributed by atoms with Crippen LogP contribution >= 0.6 is 39.1 Å². The number of amides is 1. The highest BCUT2D eigenvalue weighted by Crippen LogP contribution is 2.24. The third-order valence-corrected chi connectivity index (χ3v) is 4.19.